The molecule has 0 aliphatic carbocycles. The molecule has 1 atom stereocenters. The molecular weight excluding hydrogens is 340 g/mol. The Kier molecular flexibility index (Phi) is 21.6. The van der Waals surface area contributed by atoms with Crippen molar-refractivity contribution in [2.75, 3.05) is 34.7 Å². The summed E-state index contributed by atoms with van der Waals surface area (Å²) < 4.78 is 0. The molecule has 0 N–H and O–H groups in total. The average Bonchev–Trinajstić information content (AvgIpc) is 2.65. The monoisotopic (exact) mass is 396 g/mol. The first kappa shape index (κ1) is 27.9. The second-order valence-electron chi connectivity index (χ2n) is 9.65. The molecule has 0 aromatic carbocycles. The van der Waals surface area contributed by atoms with E-state index in [1.54, 1.807) is 0 Å². The predicted octanol–water partition coefficient (Wildman–Crippen LogP) is 7.91. The first-order chi connectivity index (χ1) is 13.6. The Bertz CT molecular complexity index is 288. The molecule has 0 spiro atoms. The van der Waals surface area contributed by atoms with E-state index in [-0.39, 0.29) is 0 Å². The molecule has 0 fully saturated rings. The van der Waals surface area contributed by atoms with Crippen molar-refractivity contribution >= 4 is 0 Å². The normalized spacial score (nSPS) is 13.0. The third kappa shape index (κ3) is 20.6. The maximum atomic E-state index is 2.48. The van der Waals surface area contributed by atoms with Crippen LogP contribution in [0.25, 0.3) is 0 Å². The van der Waals surface area contributed by atoms with Crippen LogP contribution in [0.5, 0.6) is 0 Å². The average molecular weight is 397 g/mol. The van der Waals surface area contributed by atoms with Gasteiger partial charge in [-0.25, -0.2) is 0 Å². The molecule has 0 aromatic rings. The van der Waals surface area contributed by atoms with Crippen molar-refractivity contribution in [2.45, 2.75) is 135 Å². The zero-order chi connectivity index (χ0) is 20.9. The molecule has 0 aliphatic heterocycles. The molecule has 0 aliphatic rings. The Hall–Kier alpha value is -0.0800. The van der Waals surface area contributed by atoms with Gasteiger partial charge in [0.15, 0.2) is 0 Å². The predicted molar refractivity (Wildman–Crippen MR) is 129 cm³/mol. The zero-order valence-electron chi connectivity index (χ0n) is 20.6. The molecule has 0 saturated heterocycles. The van der Waals surface area contributed by atoms with Gasteiger partial charge in [-0.1, -0.05) is 110 Å². The van der Waals surface area contributed by atoms with Crippen molar-refractivity contribution in [3.8, 4) is 0 Å². The Morgan fingerprint density at radius 2 is 0.821 bits per heavy atom. The number of rotatable bonds is 22. The van der Waals surface area contributed by atoms with Crippen LogP contribution in [0, 0.1) is 0 Å². The lowest BCUT2D eigenvalue weighted by Crippen LogP contribution is -2.27. The van der Waals surface area contributed by atoms with E-state index in [0.717, 1.165) is 6.04 Å². The van der Waals surface area contributed by atoms with E-state index in [2.05, 4.69) is 44.9 Å². The summed E-state index contributed by atoms with van der Waals surface area (Å²) in [5.41, 5.74) is 0. The molecular formula is C26H56N2. The summed E-state index contributed by atoms with van der Waals surface area (Å²) in [5, 5.41) is 0. The van der Waals surface area contributed by atoms with Crippen LogP contribution in [0.1, 0.15) is 129 Å². The van der Waals surface area contributed by atoms with Crippen molar-refractivity contribution in [1.29, 1.82) is 0 Å². The highest BCUT2D eigenvalue weighted by Gasteiger charge is 2.10. The van der Waals surface area contributed by atoms with Crippen molar-refractivity contribution in [1.82, 2.24) is 9.80 Å². The molecule has 1 unspecified atom stereocenters. The molecule has 28 heavy (non-hydrogen) atoms. The van der Waals surface area contributed by atoms with Crippen molar-refractivity contribution in [3.05, 3.63) is 0 Å². The van der Waals surface area contributed by atoms with E-state index >= 15 is 0 Å². The molecule has 0 bridgehead atoms. The summed E-state index contributed by atoms with van der Waals surface area (Å²) in [4.78, 5) is 4.78. The van der Waals surface area contributed by atoms with Crippen LogP contribution in [0.15, 0.2) is 0 Å². The van der Waals surface area contributed by atoms with Gasteiger partial charge in [-0.15, -0.1) is 0 Å². The highest BCUT2D eigenvalue weighted by Crippen LogP contribution is 2.17. The van der Waals surface area contributed by atoms with Gasteiger partial charge in [0.05, 0.1) is 0 Å². The third-order valence-electron chi connectivity index (χ3n) is 6.26. The van der Waals surface area contributed by atoms with Gasteiger partial charge >= 0.3 is 0 Å². The van der Waals surface area contributed by atoms with Crippen molar-refractivity contribution in [3.63, 3.8) is 0 Å². The lowest BCUT2D eigenvalue weighted by Gasteiger charge is -2.24. The summed E-state index contributed by atoms with van der Waals surface area (Å²) >= 11 is 0. The van der Waals surface area contributed by atoms with Crippen LogP contribution in [0.3, 0.4) is 0 Å². The molecule has 170 valence electrons. The second kappa shape index (κ2) is 21.6. The topological polar surface area (TPSA) is 6.48 Å². The standard InChI is InChI=1S/C26H56N2/c1-6-7-8-9-10-11-12-14-17-20-23-26(28(4)5)24-21-18-15-13-16-19-22-25-27(2)3/h26H,6-25H2,1-5H3. The minimum Gasteiger partial charge on any atom is -0.309 e. The van der Waals surface area contributed by atoms with E-state index < -0.39 is 0 Å². The molecule has 0 radical (unpaired) electrons. The van der Waals surface area contributed by atoms with E-state index in [1.807, 2.05) is 0 Å². The van der Waals surface area contributed by atoms with Gasteiger partial charge in [0.1, 0.15) is 0 Å². The fourth-order valence-corrected chi connectivity index (χ4v) is 4.22. The summed E-state index contributed by atoms with van der Waals surface area (Å²) in [6, 6.07) is 0.814. The largest absolute Gasteiger partial charge is 0.309 e. The summed E-state index contributed by atoms with van der Waals surface area (Å²) in [6.45, 7) is 3.55. The van der Waals surface area contributed by atoms with Gasteiger partial charge in [-0.05, 0) is 54.0 Å². The van der Waals surface area contributed by atoms with Crippen molar-refractivity contribution < 1.29 is 0 Å². The van der Waals surface area contributed by atoms with Gasteiger partial charge < -0.3 is 9.80 Å². The van der Waals surface area contributed by atoms with Crippen molar-refractivity contribution in [2.24, 2.45) is 0 Å². The second-order valence-corrected chi connectivity index (χ2v) is 9.65. The highest BCUT2D eigenvalue weighted by molar-refractivity contribution is 4.67. The smallest absolute Gasteiger partial charge is 0.00891 e. The molecule has 0 amide bonds. The number of hydrogen-bond acceptors (Lipinski definition) is 2. The Morgan fingerprint density at radius 3 is 1.18 bits per heavy atom. The van der Waals surface area contributed by atoms with Crippen LogP contribution < -0.4 is 0 Å². The van der Waals surface area contributed by atoms with Crippen LogP contribution >= 0.6 is 0 Å². The van der Waals surface area contributed by atoms with Crippen LogP contribution in [-0.4, -0.2) is 50.6 Å². The first-order valence-corrected chi connectivity index (χ1v) is 12.9. The molecule has 0 heterocycles. The Morgan fingerprint density at radius 1 is 0.464 bits per heavy atom. The van der Waals surface area contributed by atoms with Crippen LogP contribution in [0.4, 0.5) is 0 Å². The molecule has 0 rings (SSSR count). The SMILES string of the molecule is CCCCCCCCCCCCC(CCCCCCCCCN(C)C)N(C)C. The van der Waals surface area contributed by atoms with Crippen LogP contribution in [0.2, 0.25) is 0 Å². The highest BCUT2D eigenvalue weighted by atomic mass is 15.1. The maximum absolute atomic E-state index is 2.48. The Balaban J connectivity index is 3.46. The van der Waals surface area contributed by atoms with Gasteiger partial charge in [0.2, 0.25) is 0 Å². The minimum absolute atomic E-state index is 0.814. The fourth-order valence-electron chi connectivity index (χ4n) is 4.22. The van der Waals surface area contributed by atoms with E-state index in [4.69, 9.17) is 0 Å². The lowest BCUT2D eigenvalue weighted by molar-refractivity contribution is 0.251. The van der Waals surface area contributed by atoms with E-state index in [1.165, 1.54) is 129 Å². The first-order valence-electron chi connectivity index (χ1n) is 12.9. The van der Waals surface area contributed by atoms with Gasteiger partial charge in [0, 0.05) is 6.04 Å². The minimum atomic E-state index is 0.814. The molecule has 2 nitrogen and oxygen atoms in total. The molecule has 0 aromatic heterocycles. The zero-order valence-corrected chi connectivity index (χ0v) is 20.6. The number of nitrogens with zero attached hydrogens (tertiary/aromatic N) is 2. The van der Waals surface area contributed by atoms with Gasteiger partial charge in [0.25, 0.3) is 0 Å². The quantitative estimate of drug-likeness (QED) is 0.171. The van der Waals surface area contributed by atoms with E-state index in [9.17, 15) is 0 Å². The molecule has 2 heteroatoms. The van der Waals surface area contributed by atoms with Crippen LogP contribution in [-0.2, 0) is 0 Å². The fraction of sp³-hybridized carbons (Fsp3) is 1.00. The molecule has 0 saturated carbocycles. The summed E-state index contributed by atoms with van der Waals surface area (Å²) in [5.74, 6) is 0. The van der Waals surface area contributed by atoms with E-state index in [0.29, 0.717) is 0 Å². The summed E-state index contributed by atoms with van der Waals surface area (Å²) in [7, 11) is 8.92. The summed E-state index contributed by atoms with van der Waals surface area (Å²) in [6.07, 6.45) is 27.3. The van der Waals surface area contributed by atoms with Gasteiger partial charge in [-0.2, -0.15) is 0 Å². The lowest BCUT2D eigenvalue weighted by atomic mass is 9.99. The third-order valence-corrected chi connectivity index (χ3v) is 6.26. The number of unbranched alkanes of at least 4 members (excludes halogenated alkanes) is 15. The Labute approximate surface area is 179 Å². The maximum Gasteiger partial charge on any atom is 0.00891 e. The van der Waals surface area contributed by atoms with Gasteiger partial charge in [-0.3, -0.25) is 0 Å². The number of hydrogen-bond donors (Lipinski definition) is 0.